The second-order valence-electron chi connectivity index (χ2n) is 6.03. The Labute approximate surface area is 156 Å². The molecular formula is C21H19NO3S. The van der Waals surface area contributed by atoms with E-state index in [1.54, 1.807) is 0 Å². The fraction of sp³-hybridized carbons (Fsp3) is 0.190. The molecule has 0 amide bonds. The van der Waals surface area contributed by atoms with E-state index in [2.05, 4.69) is 4.98 Å². The topological polar surface area (TPSA) is 56.3 Å². The molecular weight excluding hydrogens is 346 g/mol. The SMILES string of the molecule is Cc1ccc(-c2nc(C)sc2CC(=O)C(=O)OCc2ccccc2)cc1. The summed E-state index contributed by atoms with van der Waals surface area (Å²) >= 11 is 1.43. The summed E-state index contributed by atoms with van der Waals surface area (Å²) in [5.74, 6) is -1.37. The van der Waals surface area contributed by atoms with Crippen LogP contribution in [0.1, 0.15) is 21.0 Å². The van der Waals surface area contributed by atoms with Gasteiger partial charge < -0.3 is 4.74 Å². The van der Waals surface area contributed by atoms with Crippen molar-refractivity contribution in [2.24, 2.45) is 0 Å². The van der Waals surface area contributed by atoms with Gasteiger partial charge in [-0.05, 0) is 19.4 Å². The lowest BCUT2D eigenvalue weighted by atomic mass is 10.1. The summed E-state index contributed by atoms with van der Waals surface area (Å²) in [5.41, 5.74) is 3.71. The standard InChI is InChI=1S/C21H19NO3S/c1-14-8-10-17(11-9-14)20-19(26-15(2)22-20)12-18(23)21(24)25-13-16-6-4-3-5-7-16/h3-11H,12-13H2,1-2H3. The first-order chi connectivity index (χ1) is 12.5. The van der Waals surface area contributed by atoms with Gasteiger partial charge in [-0.2, -0.15) is 0 Å². The molecule has 5 heteroatoms. The predicted octanol–water partition coefficient (Wildman–Crippen LogP) is 4.28. The first-order valence-corrected chi connectivity index (χ1v) is 9.12. The number of carbonyl (C=O) groups excluding carboxylic acids is 2. The number of ether oxygens (including phenoxy) is 1. The number of benzene rings is 2. The van der Waals surface area contributed by atoms with Crippen molar-refractivity contribution < 1.29 is 14.3 Å². The second-order valence-corrected chi connectivity index (χ2v) is 7.32. The van der Waals surface area contributed by atoms with E-state index in [-0.39, 0.29) is 13.0 Å². The molecule has 1 heterocycles. The van der Waals surface area contributed by atoms with Gasteiger partial charge in [-0.15, -0.1) is 11.3 Å². The summed E-state index contributed by atoms with van der Waals surface area (Å²) in [6, 6.07) is 17.3. The number of thiazole rings is 1. The van der Waals surface area contributed by atoms with Crippen LogP contribution in [0, 0.1) is 13.8 Å². The van der Waals surface area contributed by atoms with Crippen LogP contribution in [0.4, 0.5) is 0 Å². The van der Waals surface area contributed by atoms with Crippen molar-refractivity contribution in [2.45, 2.75) is 26.9 Å². The molecule has 4 nitrogen and oxygen atoms in total. The Bertz CT molecular complexity index is 914. The monoisotopic (exact) mass is 365 g/mol. The maximum absolute atomic E-state index is 12.3. The molecule has 0 radical (unpaired) electrons. The zero-order chi connectivity index (χ0) is 18.5. The zero-order valence-corrected chi connectivity index (χ0v) is 15.5. The van der Waals surface area contributed by atoms with E-state index in [1.807, 2.05) is 68.4 Å². The molecule has 0 unspecified atom stereocenters. The minimum Gasteiger partial charge on any atom is -0.455 e. The van der Waals surface area contributed by atoms with E-state index in [1.165, 1.54) is 11.3 Å². The first-order valence-electron chi connectivity index (χ1n) is 8.30. The normalized spacial score (nSPS) is 10.5. The molecule has 0 saturated carbocycles. The van der Waals surface area contributed by atoms with Gasteiger partial charge in [0.05, 0.1) is 17.1 Å². The van der Waals surface area contributed by atoms with Crippen LogP contribution < -0.4 is 0 Å². The molecule has 3 aromatic rings. The molecule has 0 aliphatic carbocycles. The Kier molecular flexibility index (Phi) is 5.58. The third-order valence-corrected chi connectivity index (χ3v) is 4.86. The number of rotatable bonds is 6. The number of carbonyl (C=O) groups is 2. The van der Waals surface area contributed by atoms with Crippen LogP contribution in [0.2, 0.25) is 0 Å². The van der Waals surface area contributed by atoms with Crippen molar-refractivity contribution in [2.75, 3.05) is 0 Å². The van der Waals surface area contributed by atoms with E-state index in [9.17, 15) is 9.59 Å². The van der Waals surface area contributed by atoms with Gasteiger partial charge in [-0.25, -0.2) is 9.78 Å². The van der Waals surface area contributed by atoms with Gasteiger partial charge >= 0.3 is 5.97 Å². The van der Waals surface area contributed by atoms with Crippen molar-refractivity contribution in [3.05, 3.63) is 75.6 Å². The van der Waals surface area contributed by atoms with Crippen molar-refractivity contribution >= 4 is 23.1 Å². The molecule has 3 rings (SSSR count). The molecule has 2 aromatic carbocycles. The van der Waals surface area contributed by atoms with Crippen LogP contribution in [0.5, 0.6) is 0 Å². The number of aromatic nitrogens is 1. The molecule has 132 valence electrons. The number of Topliss-reactive ketones (excluding diaryl/α,β-unsaturated/α-hetero) is 1. The number of hydrogen-bond donors (Lipinski definition) is 0. The number of hydrogen-bond acceptors (Lipinski definition) is 5. The lowest BCUT2D eigenvalue weighted by Gasteiger charge is -2.05. The van der Waals surface area contributed by atoms with Crippen LogP contribution in [0.15, 0.2) is 54.6 Å². The van der Waals surface area contributed by atoms with Gasteiger partial charge in [0.2, 0.25) is 5.78 Å². The average Bonchev–Trinajstić information content (AvgIpc) is 3.01. The van der Waals surface area contributed by atoms with E-state index in [0.717, 1.165) is 32.3 Å². The van der Waals surface area contributed by atoms with Crippen LogP contribution in [-0.2, 0) is 27.4 Å². The highest BCUT2D eigenvalue weighted by Crippen LogP contribution is 2.29. The number of esters is 1. The van der Waals surface area contributed by atoms with E-state index in [0.29, 0.717) is 0 Å². The van der Waals surface area contributed by atoms with Gasteiger partial charge in [0.15, 0.2) is 0 Å². The summed E-state index contributed by atoms with van der Waals surface area (Å²) in [6.45, 7) is 4.01. The summed E-state index contributed by atoms with van der Waals surface area (Å²) in [5, 5.41) is 0.862. The van der Waals surface area contributed by atoms with Crippen LogP contribution >= 0.6 is 11.3 Å². The second kappa shape index (κ2) is 8.06. The molecule has 0 aliphatic heterocycles. The first kappa shape index (κ1) is 18.0. The molecule has 0 fully saturated rings. The summed E-state index contributed by atoms with van der Waals surface area (Å²) < 4.78 is 5.13. The lowest BCUT2D eigenvalue weighted by molar-refractivity contribution is -0.154. The van der Waals surface area contributed by atoms with E-state index in [4.69, 9.17) is 4.74 Å². The molecule has 0 atom stereocenters. The Balaban J connectivity index is 1.69. The van der Waals surface area contributed by atoms with Crippen molar-refractivity contribution in [1.29, 1.82) is 0 Å². The maximum Gasteiger partial charge on any atom is 0.375 e. The smallest absolute Gasteiger partial charge is 0.375 e. The molecule has 26 heavy (non-hydrogen) atoms. The summed E-state index contributed by atoms with van der Waals surface area (Å²) in [6.07, 6.45) is 0.00232. The van der Waals surface area contributed by atoms with Crippen LogP contribution in [-0.4, -0.2) is 16.7 Å². The molecule has 1 aromatic heterocycles. The van der Waals surface area contributed by atoms with Crippen LogP contribution in [0.3, 0.4) is 0 Å². The highest BCUT2D eigenvalue weighted by atomic mass is 32.1. The third kappa shape index (κ3) is 4.43. The lowest BCUT2D eigenvalue weighted by Crippen LogP contribution is -2.19. The number of ketones is 1. The Morgan fingerprint density at radius 3 is 2.38 bits per heavy atom. The fourth-order valence-corrected chi connectivity index (χ4v) is 3.50. The maximum atomic E-state index is 12.3. The van der Waals surface area contributed by atoms with Crippen molar-refractivity contribution in [3.8, 4) is 11.3 Å². The average molecular weight is 365 g/mol. The van der Waals surface area contributed by atoms with Gasteiger partial charge in [0, 0.05) is 10.4 Å². The minimum atomic E-state index is -0.810. The highest BCUT2D eigenvalue weighted by molar-refractivity contribution is 7.12. The quantitative estimate of drug-likeness (QED) is 0.483. The Hall–Kier alpha value is -2.79. The van der Waals surface area contributed by atoms with Crippen LogP contribution in [0.25, 0.3) is 11.3 Å². The van der Waals surface area contributed by atoms with Gasteiger partial charge in [0.25, 0.3) is 0 Å². The van der Waals surface area contributed by atoms with Gasteiger partial charge in [-0.3, -0.25) is 4.79 Å². The summed E-state index contributed by atoms with van der Waals surface area (Å²) in [4.78, 5) is 29.6. The minimum absolute atomic E-state index is 0.00232. The molecule has 0 spiro atoms. The molecule has 0 N–H and O–H groups in total. The van der Waals surface area contributed by atoms with E-state index >= 15 is 0 Å². The molecule has 0 saturated heterocycles. The predicted molar refractivity (Wildman–Crippen MR) is 102 cm³/mol. The van der Waals surface area contributed by atoms with Gasteiger partial charge in [-0.1, -0.05) is 60.2 Å². The van der Waals surface area contributed by atoms with E-state index < -0.39 is 11.8 Å². The zero-order valence-electron chi connectivity index (χ0n) is 14.7. The van der Waals surface area contributed by atoms with Gasteiger partial charge in [0.1, 0.15) is 6.61 Å². The van der Waals surface area contributed by atoms with Crippen molar-refractivity contribution in [3.63, 3.8) is 0 Å². The largest absolute Gasteiger partial charge is 0.455 e. The summed E-state index contributed by atoms with van der Waals surface area (Å²) in [7, 11) is 0. The highest BCUT2D eigenvalue weighted by Gasteiger charge is 2.21. The molecule has 0 bridgehead atoms. The van der Waals surface area contributed by atoms with Crippen molar-refractivity contribution in [1.82, 2.24) is 4.98 Å². The number of nitrogens with zero attached hydrogens (tertiary/aromatic N) is 1. The Morgan fingerprint density at radius 1 is 1.00 bits per heavy atom. The third-order valence-electron chi connectivity index (χ3n) is 3.89. The molecule has 0 aliphatic rings. The number of aryl methyl sites for hydroxylation is 2. The fourth-order valence-electron chi connectivity index (χ4n) is 2.55. The Morgan fingerprint density at radius 2 is 1.69 bits per heavy atom.